The van der Waals surface area contributed by atoms with Gasteiger partial charge in [-0.1, -0.05) is 60.7 Å². The molecule has 26 heavy (non-hydrogen) atoms. The summed E-state index contributed by atoms with van der Waals surface area (Å²) < 4.78 is 0. The Morgan fingerprint density at radius 1 is 1.00 bits per heavy atom. The zero-order valence-electron chi connectivity index (χ0n) is 15.1. The molecule has 3 heteroatoms. The van der Waals surface area contributed by atoms with Gasteiger partial charge in [-0.2, -0.15) is 0 Å². The van der Waals surface area contributed by atoms with Gasteiger partial charge in [-0.15, -0.1) is 0 Å². The van der Waals surface area contributed by atoms with Gasteiger partial charge in [0.25, 0.3) is 5.91 Å². The summed E-state index contributed by atoms with van der Waals surface area (Å²) in [5.74, 6) is 0.132. The van der Waals surface area contributed by atoms with Crippen LogP contribution >= 0.6 is 0 Å². The Labute approximate surface area is 154 Å². The van der Waals surface area contributed by atoms with E-state index in [1.807, 2.05) is 41.3 Å². The first kappa shape index (κ1) is 16.8. The van der Waals surface area contributed by atoms with Gasteiger partial charge < -0.3 is 10.2 Å². The van der Waals surface area contributed by atoms with E-state index >= 15 is 0 Å². The second-order valence-electron chi connectivity index (χ2n) is 7.10. The van der Waals surface area contributed by atoms with Crippen LogP contribution < -0.4 is 5.32 Å². The van der Waals surface area contributed by atoms with Crippen molar-refractivity contribution in [3.63, 3.8) is 0 Å². The Balaban J connectivity index is 1.42. The summed E-state index contributed by atoms with van der Waals surface area (Å²) in [5.41, 5.74) is 2.06. The summed E-state index contributed by atoms with van der Waals surface area (Å²) in [7, 11) is 0. The third-order valence-electron chi connectivity index (χ3n) is 5.26. The quantitative estimate of drug-likeness (QED) is 0.760. The zero-order chi connectivity index (χ0) is 17.9. The van der Waals surface area contributed by atoms with E-state index in [-0.39, 0.29) is 11.9 Å². The summed E-state index contributed by atoms with van der Waals surface area (Å²) in [6.45, 7) is 3.76. The molecule has 1 fully saturated rings. The second-order valence-corrected chi connectivity index (χ2v) is 7.10. The molecule has 2 atom stereocenters. The highest BCUT2D eigenvalue weighted by molar-refractivity contribution is 5.98. The lowest BCUT2D eigenvalue weighted by atomic mass is 10.1. The van der Waals surface area contributed by atoms with Crippen molar-refractivity contribution in [2.45, 2.75) is 25.4 Å². The number of carbonyl (C=O) groups is 1. The summed E-state index contributed by atoms with van der Waals surface area (Å²) in [6.07, 6.45) is 0.997. The molecule has 3 aromatic rings. The first-order valence-electron chi connectivity index (χ1n) is 9.30. The largest absolute Gasteiger partial charge is 0.337 e. The molecule has 0 spiro atoms. The van der Waals surface area contributed by atoms with Gasteiger partial charge in [-0.05, 0) is 41.8 Å². The summed E-state index contributed by atoms with van der Waals surface area (Å²) in [6, 6.07) is 25.2. The first-order valence-corrected chi connectivity index (χ1v) is 9.30. The maximum absolute atomic E-state index is 12.9. The Hall–Kier alpha value is -2.65. The van der Waals surface area contributed by atoms with Crippen LogP contribution in [0.1, 0.15) is 35.3 Å². The number of hydrogen-bond donors (Lipinski definition) is 1. The molecule has 1 amide bonds. The molecule has 1 aliphatic heterocycles. The molecule has 4 rings (SSSR count). The van der Waals surface area contributed by atoms with Gasteiger partial charge in [0, 0.05) is 30.7 Å². The first-order chi connectivity index (χ1) is 12.7. The van der Waals surface area contributed by atoms with Gasteiger partial charge in [-0.25, -0.2) is 0 Å². The molecule has 3 aromatic carbocycles. The van der Waals surface area contributed by atoms with Crippen LogP contribution in [0.4, 0.5) is 0 Å². The van der Waals surface area contributed by atoms with Crippen LogP contribution in [0, 0.1) is 0 Å². The van der Waals surface area contributed by atoms with Gasteiger partial charge in [0.1, 0.15) is 0 Å². The zero-order valence-corrected chi connectivity index (χ0v) is 15.1. The van der Waals surface area contributed by atoms with E-state index in [2.05, 4.69) is 48.6 Å². The third kappa shape index (κ3) is 3.49. The van der Waals surface area contributed by atoms with Crippen LogP contribution in [0.2, 0.25) is 0 Å². The fourth-order valence-electron chi connectivity index (χ4n) is 3.78. The number of amides is 1. The smallest absolute Gasteiger partial charge is 0.253 e. The average molecular weight is 344 g/mol. The molecule has 0 aliphatic carbocycles. The van der Waals surface area contributed by atoms with Crippen molar-refractivity contribution in [2.75, 3.05) is 13.1 Å². The summed E-state index contributed by atoms with van der Waals surface area (Å²) >= 11 is 0. The van der Waals surface area contributed by atoms with Gasteiger partial charge in [0.15, 0.2) is 0 Å². The topological polar surface area (TPSA) is 32.3 Å². The third-order valence-corrected chi connectivity index (χ3v) is 5.26. The molecule has 1 saturated heterocycles. The number of benzene rings is 3. The lowest BCUT2D eigenvalue weighted by molar-refractivity contribution is 0.0789. The highest BCUT2D eigenvalue weighted by Crippen LogP contribution is 2.21. The normalized spacial score (nSPS) is 18.2. The van der Waals surface area contributed by atoms with Crippen LogP contribution in [0.3, 0.4) is 0 Å². The van der Waals surface area contributed by atoms with Crippen LogP contribution in [0.15, 0.2) is 72.8 Å². The van der Waals surface area contributed by atoms with Gasteiger partial charge >= 0.3 is 0 Å². The molecule has 132 valence electrons. The maximum Gasteiger partial charge on any atom is 0.253 e. The molecule has 0 bridgehead atoms. The van der Waals surface area contributed by atoms with Crippen molar-refractivity contribution < 1.29 is 4.79 Å². The van der Waals surface area contributed by atoms with E-state index in [9.17, 15) is 4.79 Å². The lowest BCUT2D eigenvalue weighted by Gasteiger charge is -2.21. The van der Waals surface area contributed by atoms with E-state index < -0.39 is 0 Å². The monoisotopic (exact) mass is 344 g/mol. The molecule has 0 saturated carbocycles. The van der Waals surface area contributed by atoms with E-state index in [4.69, 9.17) is 0 Å². The van der Waals surface area contributed by atoms with Gasteiger partial charge in [0.05, 0.1) is 0 Å². The SMILES string of the molecule is C[C@H](N[C@H]1CCN(C(=O)c2ccc3ccccc3c2)C1)c1ccccc1. The van der Waals surface area contributed by atoms with E-state index in [1.54, 1.807) is 0 Å². The molecular weight excluding hydrogens is 320 g/mol. The molecule has 1 heterocycles. The summed E-state index contributed by atoms with van der Waals surface area (Å²) in [5, 5.41) is 5.95. The van der Waals surface area contributed by atoms with Gasteiger partial charge in [-0.3, -0.25) is 4.79 Å². The predicted octanol–water partition coefficient (Wildman–Crippen LogP) is 4.41. The fraction of sp³-hybridized carbons (Fsp3) is 0.261. The number of likely N-dealkylation sites (tertiary alicyclic amines) is 1. The van der Waals surface area contributed by atoms with Crippen molar-refractivity contribution in [3.8, 4) is 0 Å². The van der Waals surface area contributed by atoms with Gasteiger partial charge in [0.2, 0.25) is 0 Å². The average Bonchev–Trinajstić information content (AvgIpc) is 3.16. The number of carbonyl (C=O) groups excluding carboxylic acids is 1. The number of fused-ring (bicyclic) bond motifs is 1. The van der Waals surface area contributed by atoms with Crippen LogP contribution in [0.5, 0.6) is 0 Å². The van der Waals surface area contributed by atoms with Crippen molar-refractivity contribution in [1.29, 1.82) is 0 Å². The Kier molecular flexibility index (Phi) is 4.72. The Morgan fingerprint density at radius 3 is 2.54 bits per heavy atom. The van der Waals surface area contributed by atoms with Crippen LogP contribution in [-0.4, -0.2) is 29.9 Å². The minimum atomic E-state index is 0.132. The van der Waals surface area contributed by atoms with Crippen molar-refractivity contribution in [2.24, 2.45) is 0 Å². The van der Waals surface area contributed by atoms with Crippen LogP contribution in [-0.2, 0) is 0 Å². The van der Waals surface area contributed by atoms with E-state index in [0.29, 0.717) is 6.04 Å². The minimum absolute atomic E-state index is 0.132. The predicted molar refractivity (Wildman–Crippen MR) is 106 cm³/mol. The number of nitrogens with one attached hydrogen (secondary N) is 1. The highest BCUT2D eigenvalue weighted by Gasteiger charge is 2.27. The molecule has 0 aromatic heterocycles. The van der Waals surface area contributed by atoms with Crippen molar-refractivity contribution in [1.82, 2.24) is 10.2 Å². The molecular formula is C23H24N2O. The molecule has 3 nitrogen and oxygen atoms in total. The maximum atomic E-state index is 12.9. The van der Waals surface area contributed by atoms with Crippen molar-refractivity contribution >= 4 is 16.7 Å². The Bertz CT molecular complexity index is 906. The molecule has 1 N–H and O–H groups in total. The van der Waals surface area contributed by atoms with E-state index in [0.717, 1.165) is 30.5 Å². The summed E-state index contributed by atoms with van der Waals surface area (Å²) in [4.78, 5) is 14.9. The lowest BCUT2D eigenvalue weighted by Crippen LogP contribution is -2.36. The Morgan fingerprint density at radius 2 is 1.73 bits per heavy atom. The minimum Gasteiger partial charge on any atom is -0.337 e. The van der Waals surface area contributed by atoms with Crippen molar-refractivity contribution in [3.05, 3.63) is 83.9 Å². The van der Waals surface area contributed by atoms with Crippen LogP contribution in [0.25, 0.3) is 10.8 Å². The number of hydrogen-bond acceptors (Lipinski definition) is 2. The number of nitrogens with zero attached hydrogens (tertiary/aromatic N) is 1. The standard InChI is InChI=1S/C23H24N2O/c1-17(18-7-3-2-4-8-18)24-22-13-14-25(16-22)23(26)21-12-11-19-9-5-6-10-20(19)15-21/h2-12,15,17,22,24H,13-14,16H2,1H3/t17-,22-/m0/s1. The molecule has 1 aliphatic rings. The molecule has 0 unspecified atom stereocenters. The second kappa shape index (κ2) is 7.30. The molecule has 0 radical (unpaired) electrons. The highest BCUT2D eigenvalue weighted by atomic mass is 16.2. The number of rotatable bonds is 4. The van der Waals surface area contributed by atoms with E-state index in [1.165, 1.54) is 10.9 Å². The fourth-order valence-corrected chi connectivity index (χ4v) is 3.78.